The van der Waals surface area contributed by atoms with Crippen LogP contribution in [0.1, 0.15) is 44.2 Å². The minimum Gasteiger partial charge on any atom is -0.457 e. The van der Waals surface area contributed by atoms with Crippen LogP contribution in [-0.2, 0) is 0 Å². The maximum Gasteiger partial charge on any atom is 0.179 e. The molecule has 2 heterocycles. The third-order valence-corrected chi connectivity index (χ3v) is 5.58. The Morgan fingerprint density at radius 2 is 1.77 bits per heavy atom. The second-order valence-corrected chi connectivity index (χ2v) is 8.09. The van der Waals surface area contributed by atoms with Crippen molar-refractivity contribution in [3.8, 4) is 28.9 Å². The van der Waals surface area contributed by atoms with E-state index in [1.807, 2.05) is 47.1 Å². The number of nitrogen functional groups attached to an aromatic ring is 1. The van der Waals surface area contributed by atoms with Crippen molar-refractivity contribution in [2.24, 2.45) is 0 Å². The van der Waals surface area contributed by atoms with Crippen molar-refractivity contribution in [2.75, 3.05) is 18.8 Å². The van der Waals surface area contributed by atoms with Gasteiger partial charge in [-0.2, -0.15) is 10.4 Å². The summed E-state index contributed by atoms with van der Waals surface area (Å²) in [6.07, 6.45) is 4.18. The second-order valence-electron chi connectivity index (χ2n) is 8.09. The first-order chi connectivity index (χ1) is 14.5. The maximum atomic E-state index is 9.18. The molecule has 1 atom stereocenters. The van der Waals surface area contributed by atoms with Gasteiger partial charge in [0.1, 0.15) is 17.3 Å². The first-order valence-electron chi connectivity index (χ1n) is 10.4. The zero-order valence-electron chi connectivity index (χ0n) is 17.5. The van der Waals surface area contributed by atoms with Gasteiger partial charge in [0.05, 0.1) is 18.3 Å². The maximum absolute atomic E-state index is 9.18. The van der Waals surface area contributed by atoms with E-state index >= 15 is 0 Å². The smallest absolute Gasteiger partial charge is 0.179 e. The lowest BCUT2D eigenvalue weighted by Gasteiger charge is -2.29. The van der Waals surface area contributed by atoms with Gasteiger partial charge in [-0.15, -0.1) is 0 Å². The Kier molecular flexibility index (Phi) is 5.62. The van der Waals surface area contributed by atoms with Crippen LogP contribution in [0.3, 0.4) is 0 Å². The molecule has 6 nitrogen and oxygen atoms in total. The predicted molar refractivity (Wildman–Crippen MR) is 118 cm³/mol. The molecule has 30 heavy (non-hydrogen) atoms. The Balaban J connectivity index is 1.47. The molecule has 2 N–H and O–H groups in total. The summed E-state index contributed by atoms with van der Waals surface area (Å²) in [6.45, 7) is 5.82. The number of benzene rings is 2. The van der Waals surface area contributed by atoms with E-state index in [-0.39, 0.29) is 6.04 Å². The third-order valence-electron chi connectivity index (χ3n) is 5.58. The van der Waals surface area contributed by atoms with Gasteiger partial charge in [0, 0.05) is 18.2 Å². The monoisotopic (exact) mass is 401 g/mol. The molecule has 0 radical (unpaired) electrons. The molecule has 6 heteroatoms. The molecule has 3 aromatic rings. The van der Waals surface area contributed by atoms with Gasteiger partial charge in [-0.05, 0) is 60.7 Å². The van der Waals surface area contributed by atoms with Crippen LogP contribution in [-0.4, -0.2) is 27.8 Å². The van der Waals surface area contributed by atoms with Crippen molar-refractivity contribution in [3.63, 3.8) is 0 Å². The minimum atomic E-state index is 0.128. The Morgan fingerprint density at radius 3 is 2.40 bits per heavy atom. The van der Waals surface area contributed by atoms with E-state index in [4.69, 9.17) is 15.6 Å². The highest BCUT2D eigenvalue weighted by atomic mass is 16.5. The lowest BCUT2D eigenvalue weighted by atomic mass is 10.0. The number of aromatic nitrogens is 2. The first kappa shape index (κ1) is 19.8. The topological polar surface area (TPSA) is 80.1 Å². The van der Waals surface area contributed by atoms with Crippen molar-refractivity contribution < 1.29 is 4.74 Å². The van der Waals surface area contributed by atoms with E-state index in [1.54, 1.807) is 4.90 Å². The van der Waals surface area contributed by atoms with E-state index in [1.165, 1.54) is 5.56 Å². The summed E-state index contributed by atoms with van der Waals surface area (Å²) >= 11 is 0. The van der Waals surface area contributed by atoms with Gasteiger partial charge < -0.3 is 15.4 Å². The molecular weight excluding hydrogens is 374 g/mol. The number of nitriles is 1. The number of piperidine rings is 1. The molecule has 0 bridgehead atoms. The number of nitrogens with two attached hydrogens (primary N) is 1. The summed E-state index contributed by atoms with van der Waals surface area (Å²) in [5.74, 6) is 2.72. The normalized spacial score (nSPS) is 16.5. The fourth-order valence-electron chi connectivity index (χ4n) is 3.84. The van der Waals surface area contributed by atoms with E-state index in [9.17, 15) is 5.26 Å². The molecule has 0 amide bonds. The van der Waals surface area contributed by atoms with E-state index in [0.29, 0.717) is 18.3 Å². The van der Waals surface area contributed by atoms with Crippen LogP contribution in [0.2, 0.25) is 0 Å². The van der Waals surface area contributed by atoms with Gasteiger partial charge in [0.2, 0.25) is 0 Å². The van der Waals surface area contributed by atoms with Crippen molar-refractivity contribution >= 4 is 5.82 Å². The number of rotatable bonds is 5. The van der Waals surface area contributed by atoms with E-state index in [0.717, 1.165) is 42.1 Å². The summed E-state index contributed by atoms with van der Waals surface area (Å²) in [4.78, 5) is 1.77. The lowest BCUT2D eigenvalue weighted by Crippen LogP contribution is -2.34. The SMILES string of the molecule is CC(C)c1ccc(Oc2ccc(-c3cc(N)n(C4CCCN(C#N)C4)n3)cc2)cc1. The van der Waals surface area contributed by atoms with Crippen LogP contribution in [0.15, 0.2) is 54.6 Å². The van der Waals surface area contributed by atoms with Crippen molar-refractivity contribution in [1.82, 2.24) is 14.7 Å². The van der Waals surface area contributed by atoms with Gasteiger partial charge in [0.15, 0.2) is 6.19 Å². The number of anilines is 1. The highest BCUT2D eigenvalue weighted by Crippen LogP contribution is 2.30. The van der Waals surface area contributed by atoms with Gasteiger partial charge in [-0.1, -0.05) is 26.0 Å². The van der Waals surface area contributed by atoms with Crippen molar-refractivity contribution in [3.05, 3.63) is 60.2 Å². The third kappa shape index (κ3) is 4.25. The predicted octanol–water partition coefficient (Wildman–Crippen LogP) is 5.17. The van der Waals surface area contributed by atoms with Crippen LogP contribution in [0.4, 0.5) is 5.82 Å². The van der Waals surface area contributed by atoms with Gasteiger partial charge >= 0.3 is 0 Å². The highest BCUT2D eigenvalue weighted by molar-refractivity contribution is 5.63. The molecule has 1 unspecified atom stereocenters. The van der Waals surface area contributed by atoms with Gasteiger partial charge in [-0.25, -0.2) is 4.68 Å². The average Bonchev–Trinajstić information content (AvgIpc) is 3.16. The van der Waals surface area contributed by atoms with Gasteiger partial charge in [0.25, 0.3) is 0 Å². The molecule has 1 aromatic heterocycles. The van der Waals surface area contributed by atoms with Crippen molar-refractivity contribution in [2.45, 2.75) is 38.6 Å². The molecule has 2 aromatic carbocycles. The fourth-order valence-corrected chi connectivity index (χ4v) is 3.84. The molecule has 0 spiro atoms. The summed E-state index contributed by atoms with van der Waals surface area (Å²) in [5, 5.41) is 13.9. The molecule has 1 fully saturated rings. The summed E-state index contributed by atoms with van der Waals surface area (Å²) in [5.41, 5.74) is 9.34. The van der Waals surface area contributed by atoms with Crippen LogP contribution in [0.5, 0.6) is 11.5 Å². The standard InChI is InChI=1S/C24H27N5O/c1-17(2)18-5-9-21(10-6-18)30-22-11-7-19(8-12-22)23-14-24(26)29(27-23)20-4-3-13-28(15-20)16-25/h5-12,14,17,20H,3-4,13,15,26H2,1-2H3. The molecule has 4 rings (SSSR count). The number of hydrogen-bond donors (Lipinski definition) is 1. The molecule has 1 aliphatic heterocycles. The van der Waals surface area contributed by atoms with E-state index < -0.39 is 0 Å². The van der Waals surface area contributed by atoms with Gasteiger partial charge in [-0.3, -0.25) is 0 Å². The van der Waals surface area contributed by atoms with E-state index in [2.05, 4.69) is 32.2 Å². The number of nitrogens with zero attached hydrogens (tertiary/aromatic N) is 4. The van der Waals surface area contributed by atoms with Crippen LogP contribution < -0.4 is 10.5 Å². The van der Waals surface area contributed by atoms with Crippen LogP contribution >= 0.6 is 0 Å². The Morgan fingerprint density at radius 1 is 1.10 bits per heavy atom. The molecule has 1 aliphatic rings. The number of hydrogen-bond acceptors (Lipinski definition) is 5. The molecule has 1 saturated heterocycles. The summed E-state index contributed by atoms with van der Waals surface area (Å²) < 4.78 is 7.83. The minimum absolute atomic E-state index is 0.128. The lowest BCUT2D eigenvalue weighted by molar-refractivity contribution is 0.235. The van der Waals surface area contributed by atoms with Crippen molar-refractivity contribution in [1.29, 1.82) is 5.26 Å². The fraction of sp³-hybridized carbons (Fsp3) is 0.333. The Hall–Kier alpha value is -3.46. The first-order valence-corrected chi connectivity index (χ1v) is 10.4. The zero-order valence-corrected chi connectivity index (χ0v) is 17.5. The average molecular weight is 402 g/mol. The van der Waals surface area contributed by atoms with Crippen LogP contribution in [0.25, 0.3) is 11.3 Å². The number of likely N-dealkylation sites (tertiary alicyclic amines) is 1. The Bertz CT molecular complexity index is 1030. The molecule has 154 valence electrons. The molecule has 0 aliphatic carbocycles. The molecule has 0 saturated carbocycles. The zero-order chi connectivity index (χ0) is 21.1. The summed E-state index contributed by atoms with van der Waals surface area (Å²) in [7, 11) is 0. The molecular formula is C24H27N5O. The second kappa shape index (κ2) is 8.50. The van der Waals surface area contributed by atoms with Crippen LogP contribution in [0, 0.1) is 11.5 Å². The Labute approximate surface area is 177 Å². The quantitative estimate of drug-likeness (QED) is 0.597. The highest BCUT2D eigenvalue weighted by Gasteiger charge is 2.23. The summed E-state index contributed by atoms with van der Waals surface area (Å²) in [6, 6.07) is 18.1. The number of ether oxygens (including phenoxy) is 1. The largest absolute Gasteiger partial charge is 0.457 e.